The first kappa shape index (κ1) is 70.4. The van der Waals surface area contributed by atoms with Crippen LogP contribution in [-0.4, -0.2) is 37.2 Å². The summed E-state index contributed by atoms with van der Waals surface area (Å²) in [7, 11) is 0. The molecule has 0 aliphatic heterocycles. The van der Waals surface area contributed by atoms with Crippen LogP contribution in [0.1, 0.15) is 369 Å². The van der Waals surface area contributed by atoms with Crippen molar-refractivity contribution >= 4 is 17.9 Å². The molecule has 0 spiro atoms. The van der Waals surface area contributed by atoms with Gasteiger partial charge in [-0.2, -0.15) is 0 Å². The quantitative estimate of drug-likeness (QED) is 0.0343. The molecule has 0 aliphatic carbocycles. The Morgan fingerprint density at radius 1 is 0.278 bits per heavy atom. The van der Waals surface area contributed by atoms with Crippen molar-refractivity contribution < 1.29 is 28.6 Å². The monoisotopic (exact) mass is 1020 g/mol. The maximum atomic E-state index is 12.9. The zero-order valence-corrected chi connectivity index (χ0v) is 49.7. The van der Waals surface area contributed by atoms with E-state index in [9.17, 15) is 14.4 Å². The summed E-state index contributed by atoms with van der Waals surface area (Å²) in [5, 5.41) is 0. The number of hydrogen-bond donors (Lipinski definition) is 0. The van der Waals surface area contributed by atoms with E-state index in [-0.39, 0.29) is 31.1 Å². The van der Waals surface area contributed by atoms with Gasteiger partial charge in [0.1, 0.15) is 13.2 Å². The first-order valence-electron chi connectivity index (χ1n) is 32.6. The van der Waals surface area contributed by atoms with E-state index in [1.165, 1.54) is 250 Å². The van der Waals surface area contributed by atoms with Crippen LogP contribution in [0.3, 0.4) is 0 Å². The molecule has 0 saturated carbocycles. The molecular formula is C66H128O6. The topological polar surface area (TPSA) is 78.9 Å². The summed E-state index contributed by atoms with van der Waals surface area (Å²) in [6.07, 6.45) is 62.5. The van der Waals surface area contributed by atoms with Gasteiger partial charge in [0.25, 0.3) is 0 Å². The summed E-state index contributed by atoms with van der Waals surface area (Å²) in [5.41, 5.74) is 0. The van der Waals surface area contributed by atoms with Gasteiger partial charge >= 0.3 is 17.9 Å². The molecule has 0 aromatic carbocycles. The third kappa shape index (κ3) is 57.7. The minimum atomic E-state index is -0.765. The summed E-state index contributed by atoms with van der Waals surface area (Å²) >= 11 is 0. The summed E-state index contributed by atoms with van der Waals surface area (Å²) in [6, 6.07) is 0. The first-order chi connectivity index (χ1) is 35.1. The van der Waals surface area contributed by atoms with Crippen LogP contribution in [0.15, 0.2) is 0 Å². The highest BCUT2D eigenvalue weighted by atomic mass is 16.6. The van der Waals surface area contributed by atoms with Gasteiger partial charge in [-0.3, -0.25) is 14.4 Å². The third-order valence-electron chi connectivity index (χ3n) is 15.5. The van der Waals surface area contributed by atoms with Crippen LogP contribution in [0, 0.1) is 17.8 Å². The molecule has 0 N–H and O–H groups in total. The molecule has 428 valence electrons. The molecule has 0 rings (SSSR count). The highest BCUT2D eigenvalue weighted by Gasteiger charge is 2.19. The lowest BCUT2D eigenvalue weighted by molar-refractivity contribution is -0.167. The van der Waals surface area contributed by atoms with Crippen molar-refractivity contribution in [2.75, 3.05) is 13.2 Å². The van der Waals surface area contributed by atoms with Gasteiger partial charge in [0, 0.05) is 19.3 Å². The van der Waals surface area contributed by atoms with Crippen LogP contribution in [0.25, 0.3) is 0 Å². The molecule has 0 amide bonds. The average Bonchev–Trinajstić information content (AvgIpc) is 3.36. The number of rotatable bonds is 59. The largest absolute Gasteiger partial charge is 0.462 e. The molecule has 1 unspecified atom stereocenters. The molecule has 0 aromatic rings. The number of carbonyl (C=O) groups excluding carboxylic acids is 3. The Hall–Kier alpha value is -1.59. The van der Waals surface area contributed by atoms with Crippen molar-refractivity contribution in [2.24, 2.45) is 17.8 Å². The van der Waals surface area contributed by atoms with Gasteiger partial charge < -0.3 is 14.2 Å². The molecule has 0 bridgehead atoms. The fourth-order valence-electron chi connectivity index (χ4n) is 10.2. The molecule has 72 heavy (non-hydrogen) atoms. The Morgan fingerprint density at radius 2 is 0.486 bits per heavy atom. The van der Waals surface area contributed by atoms with Crippen molar-refractivity contribution in [3.63, 3.8) is 0 Å². The van der Waals surface area contributed by atoms with Crippen molar-refractivity contribution in [1.29, 1.82) is 0 Å². The van der Waals surface area contributed by atoms with Crippen molar-refractivity contribution in [3.8, 4) is 0 Å². The number of unbranched alkanes of at least 4 members (excludes halogenated alkanes) is 41. The van der Waals surface area contributed by atoms with E-state index in [1.807, 2.05) is 0 Å². The zero-order valence-electron chi connectivity index (χ0n) is 49.7. The molecule has 6 nitrogen and oxygen atoms in total. The maximum Gasteiger partial charge on any atom is 0.306 e. The van der Waals surface area contributed by atoms with E-state index in [0.717, 1.165) is 75.5 Å². The van der Waals surface area contributed by atoms with Crippen LogP contribution in [-0.2, 0) is 28.6 Å². The average molecular weight is 1020 g/mol. The van der Waals surface area contributed by atoms with Gasteiger partial charge in [-0.1, -0.05) is 330 Å². The molecule has 2 atom stereocenters. The lowest BCUT2D eigenvalue weighted by Crippen LogP contribution is -2.30. The minimum Gasteiger partial charge on any atom is -0.462 e. The van der Waals surface area contributed by atoms with Gasteiger partial charge in [0.2, 0.25) is 0 Å². The summed E-state index contributed by atoms with van der Waals surface area (Å²) in [5.74, 6) is 1.73. The molecule has 0 heterocycles. The minimum absolute atomic E-state index is 0.0628. The molecule has 0 aliphatic rings. The van der Waals surface area contributed by atoms with Gasteiger partial charge in [-0.25, -0.2) is 0 Å². The Labute approximate surface area is 450 Å². The van der Waals surface area contributed by atoms with Crippen molar-refractivity contribution in [2.45, 2.75) is 375 Å². The molecular weight excluding hydrogens is 889 g/mol. The lowest BCUT2D eigenvalue weighted by atomic mass is 9.99. The molecule has 0 radical (unpaired) electrons. The fraction of sp³-hybridized carbons (Fsp3) is 0.955. The standard InChI is InChI=1S/C66H128O6/c1-7-62(6)54-48-42-36-32-33-38-44-50-56-65(68)71-59-63(72-66(69)57-51-45-39-31-27-23-19-15-11-9-13-17-21-25-29-35-41-47-53-61(4)5)58-70-64(67)55-49-43-37-30-26-22-18-14-10-8-12-16-20-24-28-34-40-46-52-60(2)3/h60-63H,7-59H2,1-6H3/t62?,63-/m1/s1. The van der Waals surface area contributed by atoms with E-state index >= 15 is 0 Å². The molecule has 0 fully saturated rings. The predicted molar refractivity (Wildman–Crippen MR) is 312 cm³/mol. The van der Waals surface area contributed by atoms with E-state index in [2.05, 4.69) is 41.5 Å². The van der Waals surface area contributed by atoms with E-state index in [0.29, 0.717) is 19.3 Å². The van der Waals surface area contributed by atoms with Gasteiger partial charge in [-0.05, 0) is 37.0 Å². The second-order valence-electron chi connectivity index (χ2n) is 24.0. The zero-order chi connectivity index (χ0) is 52.6. The highest BCUT2D eigenvalue weighted by Crippen LogP contribution is 2.20. The number of ether oxygens (including phenoxy) is 3. The van der Waals surface area contributed by atoms with Crippen LogP contribution < -0.4 is 0 Å². The van der Waals surface area contributed by atoms with E-state index < -0.39 is 6.10 Å². The number of esters is 3. The summed E-state index contributed by atoms with van der Waals surface area (Å²) < 4.78 is 17.0. The van der Waals surface area contributed by atoms with Crippen molar-refractivity contribution in [3.05, 3.63) is 0 Å². The Kier molecular flexibility index (Phi) is 55.9. The summed E-state index contributed by atoms with van der Waals surface area (Å²) in [4.78, 5) is 38.3. The van der Waals surface area contributed by atoms with Gasteiger partial charge in [0.15, 0.2) is 6.10 Å². The Balaban J connectivity index is 4.23. The van der Waals surface area contributed by atoms with Gasteiger partial charge in [-0.15, -0.1) is 0 Å². The highest BCUT2D eigenvalue weighted by molar-refractivity contribution is 5.71. The second-order valence-corrected chi connectivity index (χ2v) is 24.0. The lowest BCUT2D eigenvalue weighted by Gasteiger charge is -2.18. The van der Waals surface area contributed by atoms with Crippen molar-refractivity contribution in [1.82, 2.24) is 0 Å². The predicted octanol–water partition coefficient (Wildman–Crippen LogP) is 21.8. The number of carbonyl (C=O) groups is 3. The maximum absolute atomic E-state index is 12.9. The second kappa shape index (κ2) is 57.1. The molecule has 0 aromatic heterocycles. The van der Waals surface area contributed by atoms with Crippen LogP contribution in [0.4, 0.5) is 0 Å². The summed E-state index contributed by atoms with van der Waals surface area (Å²) in [6.45, 7) is 13.8. The van der Waals surface area contributed by atoms with Crippen LogP contribution in [0.5, 0.6) is 0 Å². The smallest absolute Gasteiger partial charge is 0.306 e. The Morgan fingerprint density at radius 3 is 0.722 bits per heavy atom. The normalized spacial score (nSPS) is 12.5. The number of hydrogen-bond acceptors (Lipinski definition) is 6. The van der Waals surface area contributed by atoms with E-state index in [4.69, 9.17) is 14.2 Å². The SMILES string of the molecule is CCC(C)CCCCCCCCCCC(=O)OC[C@@H](COC(=O)CCCCCCCCCCCCCCCCCCCCC(C)C)OC(=O)CCCCCCCCCCCCCCCCCCCCC(C)C. The first-order valence-corrected chi connectivity index (χ1v) is 32.6. The Bertz CT molecular complexity index is 1120. The fourth-order valence-corrected chi connectivity index (χ4v) is 10.2. The van der Waals surface area contributed by atoms with E-state index in [1.54, 1.807) is 0 Å². The van der Waals surface area contributed by atoms with Crippen LogP contribution >= 0.6 is 0 Å². The molecule has 0 saturated heterocycles. The van der Waals surface area contributed by atoms with Gasteiger partial charge in [0.05, 0.1) is 0 Å². The third-order valence-corrected chi connectivity index (χ3v) is 15.5. The molecule has 6 heteroatoms. The van der Waals surface area contributed by atoms with Crippen LogP contribution in [0.2, 0.25) is 0 Å².